The van der Waals surface area contributed by atoms with Crippen LogP contribution >= 0.6 is 0 Å². The fourth-order valence-electron chi connectivity index (χ4n) is 7.13. The van der Waals surface area contributed by atoms with Crippen LogP contribution in [0, 0.1) is 29.6 Å². The topological polar surface area (TPSA) is 9.23 Å². The van der Waals surface area contributed by atoms with Crippen LogP contribution in [0.15, 0.2) is 48.6 Å². The van der Waals surface area contributed by atoms with Gasteiger partial charge in [0.2, 0.25) is 0 Å². The van der Waals surface area contributed by atoms with E-state index in [0.29, 0.717) is 5.92 Å². The van der Waals surface area contributed by atoms with E-state index in [0.717, 1.165) is 41.9 Å². The zero-order valence-corrected chi connectivity index (χ0v) is 24.2. The molecule has 2 unspecified atom stereocenters. The zero-order valence-electron chi connectivity index (χ0n) is 24.2. The molecule has 1 heteroatoms. The van der Waals surface area contributed by atoms with Gasteiger partial charge in [0, 0.05) is 5.92 Å². The molecule has 206 valence electrons. The molecule has 0 heterocycles. The highest BCUT2D eigenvalue weighted by Gasteiger charge is 2.23. The summed E-state index contributed by atoms with van der Waals surface area (Å²) in [6, 6.07) is 9.12. The van der Waals surface area contributed by atoms with Gasteiger partial charge in [0.15, 0.2) is 0 Å². The van der Waals surface area contributed by atoms with Crippen molar-refractivity contribution in [2.75, 3.05) is 6.61 Å². The number of unbranched alkanes of at least 4 members (excludes halogenated alkanes) is 3. The summed E-state index contributed by atoms with van der Waals surface area (Å²) in [5, 5.41) is 0. The molecule has 3 aliphatic rings. The molecule has 2 fully saturated rings. The largest absolute Gasteiger partial charge is 0.493 e. The first-order valence-corrected chi connectivity index (χ1v) is 16.3. The third-order valence-corrected chi connectivity index (χ3v) is 9.84. The highest BCUT2D eigenvalue weighted by molar-refractivity contribution is 5.30. The molecule has 0 saturated heterocycles. The van der Waals surface area contributed by atoms with E-state index in [2.05, 4.69) is 62.4 Å². The number of benzene rings is 1. The summed E-state index contributed by atoms with van der Waals surface area (Å²) >= 11 is 0. The smallest absolute Gasteiger partial charge is 0.119 e. The third kappa shape index (κ3) is 9.63. The van der Waals surface area contributed by atoms with Crippen LogP contribution in [0.1, 0.15) is 134 Å². The van der Waals surface area contributed by atoms with E-state index in [-0.39, 0.29) is 0 Å². The van der Waals surface area contributed by atoms with Crippen molar-refractivity contribution in [3.63, 3.8) is 0 Å². The van der Waals surface area contributed by atoms with Gasteiger partial charge in [-0.05, 0) is 118 Å². The maximum Gasteiger partial charge on any atom is 0.119 e. The second kappa shape index (κ2) is 15.8. The van der Waals surface area contributed by atoms with Crippen molar-refractivity contribution in [2.24, 2.45) is 29.6 Å². The summed E-state index contributed by atoms with van der Waals surface area (Å²) in [7, 11) is 0. The Morgan fingerprint density at radius 3 is 1.89 bits per heavy atom. The molecule has 0 radical (unpaired) electrons. The lowest BCUT2D eigenvalue weighted by Crippen LogP contribution is -2.16. The fraction of sp³-hybridized carbons (Fsp3) is 0.722. The molecule has 2 atom stereocenters. The Labute approximate surface area is 229 Å². The minimum Gasteiger partial charge on any atom is -0.493 e. The molecular formula is C36H56O. The lowest BCUT2D eigenvalue weighted by molar-refractivity contribution is 0.253. The van der Waals surface area contributed by atoms with Crippen molar-refractivity contribution < 1.29 is 4.74 Å². The Balaban J connectivity index is 1.12. The van der Waals surface area contributed by atoms with E-state index < -0.39 is 0 Å². The lowest BCUT2D eigenvalue weighted by Gasteiger charge is -2.29. The fourth-order valence-corrected chi connectivity index (χ4v) is 7.13. The predicted octanol–water partition coefficient (Wildman–Crippen LogP) is 11.1. The van der Waals surface area contributed by atoms with E-state index >= 15 is 0 Å². The molecule has 0 N–H and O–H groups in total. The Morgan fingerprint density at radius 1 is 0.649 bits per heavy atom. The molecule has 1 aromatic rings. The minimum atomic E-state index is 0.585. The van der Waals surface area contributed by atoms with Gasteiger partial charge in [0.1, 0.15) is 5.75 Å². The Morgan fingerprint density at radius 2 is 1.27 bits per heavy atom. The quantitative estimate of drug-likeness (QED) is 0.192. The number of hydrogen-bond acceptors (Lipinski definition) is 1. The molecular weight excluding hydrogens is 448 g/mol. The van der Waals surface area contributed by atoms with Crippen molar-refractivity contribution in [3.05, 3.63) is 54.1 Å². The SMILES string of the molecule is CCCCCC1C=CC(COc2ccc(C3CCC(/C=C/C4CCC(CCCC)CC4)CC3)cc2)CC1. The van der Waals surface area contributed by atoms with E-state index in [4.69, 9.17) is 4.74 Å². The molecule has 2 saturated carbocycles. The monoisotopic (exact) mass is 504 g/mol. The van der Waals surface area contributed by atoms with Crippen LogP contribution in [0.3, 0.4) is 0 Å². The highest BCUT2D eigenvalue weighted by Crippen LogP contribution is 2.38. The second-order valence-electron chi connectivity index (χ2n) is 12.8. The molecule has 0 bridgehead atoms. The average Bonchev–Trinajstić information content (AvgIpc) is 2.96. The number of ether oxygens (including phenoxy) is 1. The van der Waals surface area contributed by atoms with Gasteiger partial charge in [0.25, 0.3) is 0 Å². The van der Waals surface area contributed by atoms with Gasteiger partial charge < -0.3 is 4.74 Å². The number of rotatable bonds is 13. The number of allylic oxidation sites excluding steroid dienone is 3. The summed E-state index contributed by atoms with van der Waals surface area (Å²) in [6.45, 7) is 5.45. The van der Waals surface area contributed by atoms with E-state index in [1.165, 1.54) is 115 Å². The van der Waals surface area contributed by atoms with Crippen LogP contribution in [-0.4, -0.2) is 6.61 Å². The van der Waals surface area contributed by atoms with Crippen molar-refractivity contribution >= 4 is 0 Å². The normalized spacial score (nSPS) is 30.5. The van der Waals surface area contributed by atoms with Gasteiger partial charge in [-0.15, -0.1) is 0 Å². The summed E-state index contributed by atoms with van der Waals surface area (Å²) in [5.74, 6) is 5.87. The van der Waals surface area contributed by atoms with E-state index in [9.17, 15) is 0 Å². The first kappa shape index (κ1) is 28.5. The van der Waals surface area contributed by atoms with Crippen LogP contribution < -0.4 is 4.74 Å². The number of hydrogen-bond donors (Lipinski definition) is 0. The maximum absolute atomic E-state index is 6.19. The van der Waals surface area contributed by atoms with Gasteiger partial charge in [-0.1, -0.05) is 88.8 Å². The highest BCUT2D eigenvalue weighted by atomic mass is 16.5. The predicted molar refractivity (Wildman–Crippen MR) is 160 cm³/mol. The van der Waals surface area contributed by atoms with Gasteiger partial charge in [-0.25, -0.2) is 0 Å². The van der Waals surface area contributed by atoms with Gasteiger partial charge in [-0.3, -0.25) is 0 Å². The van der Waals surface area contributed by atoms with Crippen LogP contribution in [0.2, 0.25) is 0 Å². The van der Waals surface area contributed by atoms with Crippen molar-refractivity contribution in [3.8, 4) is 5.75 Å². The third-order valence-electron chi connectivity index (χ3n) is 9.84. The Bertz CT molecular complexity index is 788. The Kier molecular flexibility index (Phi) is 12.2. The zero-order chi connectivity index (χ0) is 25.7. The van der Waals surface area contributed by atoms with Crippen LogP contribution in [0.5, 0.6) is 5.75 Å². The molecule has 1 nitrogen and oxygen atoms in total. The molecule has 0 spiro atoms. The summed E-state index contributed by atoms with van der Waals surface area (Å²) in [6.07, 6.45) is 33.7. The Hall–Kier alpha value is -1.50. The van der Waals surface area contributed by atoms with Crippen molar-refractivity contribution in [1.29, 1.82) is 0 Å². The van der Waals surface area contributed by atoms with Gasteiger partial charge in [-0.2, -0.15) is 0 Å². The molecule has 4 rings (SSSR count). The van der Waals surface area contributed by atoms with Crippen LogP contribution in [0.4, 0.5) is 0 Å². The molecule has 0 aromatic heterocycles. The summed E-state index contributed by atoms with van der Waals surface area (Å²) in [5.41, 5.74) is 1.52. The average molecular weight is 505 g/mol. The summed E-state index contributed by atoms with van der Waals surface area (Å²) < 4.78 is 6.19. The molecule has 0 amide bonds. The van der Waals surface area contributed by atoms with Crippen molar-refractivity contribution in [2.45, 2.75) is 129 Å². The minimum absolute atomic E-state index is 0.585. The first-order chi connectivity index (χ1) is 18.2. The van der Waals surface area contributed by atoms with Crippen LogP contribution in [-0.2, 0) is 0 Å². The second-order valence-corrected chi connectivity index (χ2v) is 12.8. The molecule has 1 aromatic carbocycles. The van der Waals surface area contributed by atoms with E-state index in [1.54, 1.807) is 0 Å². The van der Waals surface area contributed by atoms with Gasteiger partial charge >= 0.3 is 0 Å². The summed E-state index contributed by atoms with van der Waals surface area (Å²) in [4.78, 5) is 0. The molecule has 3 aliphatic carbocycles. The standard InChI is InChI=1S/C36H56O/c1-3-5-7-9-30-16-18-33(19-17-30)28-37-36-26-24-35(25-27-36)34-22-20-32(21-23-34)15-14-31-12-10-29(11-13-31)8-6-4-2/h14-16,18,24-27,29-34H,3-13,17,19-23,28H2,1-2H3/b15-14+. The van der Waals surface area contributed by atoms with Crippen LogP contribution in [0.25, 0.3) is 0 Å². The van der Waals surface area contributed by atoms with E-state index in [1.807, 2.05) is 0 Å². The first-order valence-electron chi connectivity index (χ1n) is 16.3. The van der Waals surface area contributed by atoms with Crippen molar-refractivity contribution in [1.82, 2.24) is 0 Å². The lowest BCUT2D eigenvalue weighted by atomic mass is 9.77. The molecule has 37 heavy (non-hydrogen) atoms. The molecule has 0 aliphatic heterocycles. The maximum atomic E-state index is 6.19. The van der Waals surface area contributed by atoms with Gasteiger partial charge in [0.05, 0.1) is 6.61 Å².